The van der Waals surface area contributed by atoms with Gasteiger partial charge in [0.05, 0.1) is 0 Å². The third-order valence-corrected chi connectivity index (χ3v) is 3.34. The van der Waals surface area contributed by atoms with E-state index in [4.69, 9.17) is 0 Å². The van der Waals surface area contributed by atoms with Crippen molar-refractivity contribution in [3.8, 4) is 0 Å². The Morgan fingerprint density at radius 2 is 1.44 bits per heavy atom. The molecule has 0 aliphatic carbocycles. The Labute approximate surface area is 107 Å². The van der Waals surface area contributed by atoms with E-state index in [0.29, 0.717) is 6.07 Å². The zero-order valence-electron chi connectivity index (χ0n) is 8.83. The van der Waals surface area contributed by atoms with Crippen LogP contribution in [0.4, 0.5) is 26.3 Å². The maximum Gasteiger partial charge on any atom is 0.430 e. The van der Waals surface area contributed by atoms with Gasteiger partial charge in [-0.2, -0.15) is 26.3 Å². The molecule has 18 heavy (non-hydrogen) atoms. The van der Waals surface area contributed by atoms with Crippen LogP contribution in [0.25, 0.3) is 0 Å². The summed E-state index contributed by atoms with van der Waals surface area (Å²) in [5, 5.41) is 9.19. The van der Waals surface area contributed by atoms with Crippen molar-refractivity contribution in [1.82, 2.24) is 0 Å². The van der Waals surface area contributed by atoms with E-state index in [2.05, 4.69) is 15.9 Å². The fourth-order valence-corrected chi connectivity index (χ4v) is 1.83. The van der Waals surface area contributed by atoms with Gasteiger partial charge in [-0.05, 0) is 18.6 Å². The average Bonchev–Trinajstić information content (AvgIpc) is 2.17. The van der Waals surface area contributed by atoms with Crippen molar-refractivity contribution in [2.45, 2.75) is 24.9 Å². The normalized spacial score (nSPS) is 13.8. The van der Waals surface area contributed by atoms with Crippen molar-refractivity contribution in [3.05, 3.63) is 33.8 Å². The minimum atomic E-state index is -5.86. The van der Waals surface area contributed by atoms with Crippen molar-refractivity contribution in [1.29, 1.82) is 0 Å². The van der Waals surface area contributed by atoms with Gasteiger partial charge in [-0.3, -0.25) is 0 Å². The molecule has 0 radical (unpaired) electrons. The Morgan fingerprint density at radius 1 is 1.00 bits per heavy atom. The zero-order valence-corrected chi connectivity index (χ0v) is 10.4. The highest BCUT2D eigenvalue weighted by molar-refractivity contribution is 9.10. The first kappa shape index (κ1) is 15.3. The molecule has 0 aromatic heterocycles. The predicted molar refractivity (Wildman–Crippen MR) is 54.9 cm³/mol. The number of aliphatic hydroxyl groups is 1. The van der Waals surface area contributed by atoms with E-state index < -0.39 is 23.5 Å². The van der Waals surface area contributed by atoms with Crippen LogP contribution in [0.2, 0.25) is 0 Å². The van der Waals surface area contributed by atoms with Crippen LogP contribution in [0.3, 0.4) is 0 Å². The monoisotopic (exact) mass is 336 g/mol. The van der Waals surface area contributed by atoms with Crippen molar-refractivity contribution in [2.24, 2.45) is 0 Å². The van der Waals surface area contributed by atoms with Crippen LogP contribution >= 0.6 is 15.9 Å². The molecule has 0 fully saturated rings. The van der Waals surface area contributed by atoms with Gasteiger partial charge in [0, 0.05) is 10.0 Å². The molecule has 0 saturated carbocycles. The highest BCUT2D eigenvalue weighted by Crippen LogP contribution is 2.51. The van der Waals surface area contributed by atoms with E-state index >= 15 is 0 Å². The predicted octanol–water partition coefficient (Wildman–Crippen LogP) is 4.07. The van der Waals surface area contributed by atoms with Crippen molar-refractivity contribution >= 4 is 15.9 Å². The zero-order chi connectivity index (χ0) is 14.4. The summed E-state index contributed by atoms with van der Waals surface area (Å²) in [5.74, 6) is 0. The summed E-state index contributed by atoms with van der Waals surface area (Å²) in [7, 11) is 0. The third-order valence-electron chi connectivity index (χ3n) is 2.48. The number of alkyl halides is 6. The Bertz CT molecular complexity index is 437. The lowest BCUT2D eigenvalue weighted by Crippen LogP contribution is -2.54. The van der Waals surface area contributed by atoms with Gasteiger partial charge in [0.2, 0.25) is 0 Å². The molecule has 0 aliphatic rings. The maximum atomic E-state index is 12.6. The molecular formula is C10H7BrF6O. The van der Waals surface area contributed by atoms with Crippen LogP contribution in [0, 0.1) is 6.92 Å². The first-order chi connectivity index (χ1) is 7.93. The van der Waals surface area contributed by atoms with Crippen LogP contribution in [-0.2, 0) is 5.60 Å². The largest absolute Gasteiger partial charge is 0.430 e. The second-order valence-electron chi connectivity index (χ2n) is 3.62. The van der Waals surface area contributed by atoms with Crippen molar-refractivity contribution in [3.63, 3.8) is 0 Å². The summed E-state index contributed by atoms with van der Waals surface area (Å²) in [6, 6.07) is 2.88. The molecule has 0 heterocycles. The van der Waals surface area contributed by atoms with E-state index in [-0.39, 0.29) is 10.0 Å². The van der Waals surface area contributed by atoms with Gasteiger partial charge < -0.3 is 5.11 Å². The van der Waals surface area contributed by atoms with E-state index in [9.17, 15) is 31.4 Å². The molecule has 8 heteroatoms. The first-order valence-electron chi connectivity index (χ1n) is 4.54. The minimum Gasteiger partial charge on any atom is -0.369 e. The van der Waals surface area contributed by atoms with E-state index in [1.165, 1.54) is 6.07 Å². The van der Waals surface area contributed by atoms with E-state index in [1.807, 2.05) is 0 Å². The summed E-state index contributed by atoms with van der Waals surface area (Å²) in [4.78, 5) is 0. The number of benzene rings is 1. The summed E-state index contributed by atoms with van der Waals surface area (Å²) in [6.07, 6.45) is -11.7. The number of rotatable bonds is 1. The van der Waals surface area contributed by atoms with Crippen molar-refractivity contribution < 1.29 is 31.4 Å². The smallest absolute Gasteiger partial charge is 0.369 e. The Kier molecular flexibility index (Phi) is 3.75. The van der Waals surface area contributed by atoms with Crippen LogP contribution in [-0.4, -0.2) is 17.5 Å². The molecule has 0 unspecified atom stereocenters. The van der Waals surface area contributed by atoms with Crippen molar-refractivity contribution in [2.75, 3.05) is 0 Å². The Hall–Kier alpha value is -0.760. The third kappa shape index (κ3) is 2.23. The molecular weight excluding hydrogens is 330 g/mol. The number of hydrogen-bond acceptors (Lipinski definition) is 1. The standard InChI is InChI=1S/C10H7BrF6O/c1-5-6(3-2-4-7(5)11)8(18,9(12,13)14)10(15,16)17/h2-4,18H,1H3. The van der Waals surface area contributed by atoms with Gasteiger partial charge in [-0.1, -0.05) is 28.1 Å². The minimum absolute atomic E-state index is 0.0481. The summed E-state index contributed by atoms with van der Waals surface area (Å²) in [6.45, 7) is 1.06. The topological polar surface area (TPSA) is 20.2 Å². The quantitative estimate of drug-likeness (QED) is 0.766. The second kappa shape index (κ2) is 4.41. The average molecular weight is 337 g/mol. The molecule has 0 amide bonds. The van der Waals surface area contributed by atoms with Crippen LogP contribution in [0.15, 0.2) is 22.7 Å². The maximum absolute atomic E-state index is 12.6. The summed E-state index contributed by atoms with van der Waals surface area (Å²) in [5.41, 5.74) is -6.44. The van der Waals surface area contributed by atoms with Gasteiger partial charge in [0.15, 0.2) is 0 Å². The molecule has 0 saturated heterocycles. The summed E-state index contributed by atoms with van der Waals surface area (Å²) >= 11 is 2.83. The van der Waals surface area contributed by atoms with Gasteiger partial charge in [-0.25, -0.2) is 0 Å². The van der Waals surface area contributed by atoms with Gasteiger partial charge in [0.1, 0.15) is 0 Å². The van der Waals surface area contributed by atoms with E-state index in [1.54, 1.807) is 0 Å². The first-order valence-corrected chi connectivity index (χ1v) is 5.33. The highest BCUT2D eigenvalue weighted by atomic mass is 79.9. The molecule has 1 N–H and O–H groups in total. The lowest BCUT2D eigenvalue weighted by Gasteiger charge is -2.33. The second-order valence-corrected chi connectivity index (χ2v) is 4.47. The van der Waals surface area contributed by atoms with Gasteiger partial charge >= 0.3 is 12.4 Å². The fourth-order valence-electron chi connectivity index (χ4n) is 1.47. The molecule has 0 aliphatic heterocycles. The summed E-state index contributed by atoms with van der Waals surface area (Å²) < 4.78 is 75.7. The molecule has 0 atom stereocenters. The Balaban J connectivity index is 3.61. The fraction of sp³-hybridized carbons (Fsp3) is 0.400. The molecule has 1 aromatic rings. The molecule has 1 nitrogen and oxygen atoms in total. The van der Waals surface area contributed by atoms with Crippen LogP contribution in [0.5, 0.6) is 0 Å². The van der Waals surface area contributed by atoms with E-state index in [0.717, 1.165) is 13.0 Å². The lowest BCUT2D eigenvalue weighted by molar-refractivity contribution is -0.376. The van der Waals surface area contributed by atoms with Crippen LogP contribution < -0.4 is 0 Å². The molecule has 0 bridgehead atoms. The van der Waals surface area contributed by atoms with Crippen LogP contribution in [0.1, 0.15) is 11.1 Å². The highest BCUT2D eigenvalue weighted by Gasteiger charge is 2.71. The molecule has 102 valence electrons. The SMILES string of the molecule is Cc1c(Br)cccc1C(O)(C(F)(F)F)C(F)(F)F. The van der Waals surface area contributed by atoms with Gasteiger partial charge in [0.25, 0.3) is 5.60 Å². The lowest BCUT2D eigenvalue weighted by atomic mass is 9.89. The number of hydrogen-bond donors (Lipinski definition) is 1. The molecule has 1 aromatic carbocycles. The van der Waals surface area contributed by atoms with Gasteiger partial charge in [-0.15, -0.1) is 0 Å². The molecule has 1 rings (SSSR count). The number of halogens is 7. The Morgan fingerprint density at radius 3 is 1.83 bits per heavy atom. The molecule has 0 spiro atoms.